The van der Waals surface area contributed by atoms with Gasteiger partial charge in [-0.3, -0.25) is 5.32 Å². The monoisotopic (exact) mass is 342 g/mol. The minimum Gasteiger partial charge on any atom is -1.00 e. The third kappa shape index (κ3) is 3.40. The smallest absolute Gasteiger partial charge is 0.278 e. The van der Waals surface area contributed by atoms with E-state index in [4.69, 9.17) is 0 Å². The van der Waals surface area contributed by atoms with Crippen LogP contribution in [0.15, 0.2) is 18.3 Å². The summed E-state index contributed by atoms with van der Waals surface area (Å²) in [7, 11) is -0.974. The highest BCUT2D eigenvalue weighted by Gasteiger charge is 2.43. The molecule has 0 saturated carbocycles. The third-order valence-corrected chi connectivity index (χ3v) is 6.03. The lowest BCUT2D eigenvalue weighted by atomic mass is 9.82. The quantitative estimate of drug-likeness (QED) is 0.621. The topological polar surface area (TPSA) is 15.9 Å². The summed E-state index contributed by atoms with van der Waals surface area (Å²) in [5.41, 5.74) is 1.70. The zero-order valence-electron chi connectivity index (χ0n) is 13.0. The van der Waals surface area contributed by atoms with Gasteiger partial charge in [0.25, 0.3) is 5.82 Å². The summed E-state index contributed by atoms with van der Waals surface area (Å²) in [4.78, 5) is 0. The molecule has 0 radical (unpaired) electrons. The van der Waals surface area contributed by atoms with Crippen LogP contribution in [-0.4, -0.2) is 14.1 Å². The Morgan fingerprint density at radius 2 is 1.95 bits per heavy atom. The number of fused-ring (bicyclic) bond motifs is 1. The normalized spacial score (nSPS) is 20.4. The van der Waals surface area contributed by atoms with E-state index in [9.17, 15) is 0 Å². The molecule has 0 fully saturated rings. The number of halogens is 1. The molecule has 1 atom stereocenters. The Morgan fingerprint density at radius 1 is 1.32 bits per heavy atom. The number of rotatable bonds is 3. The van der Waals surface area contributed by atoms with Gasteiger partial charge < -0.3 is 17.0 Å². The van der Waals surface area contributed by atoms with Crippen molar-refractivity contribution in [1.82, 2.24) is 0 Å². The van der Waals surface area contributed by atoms with Crippen molar-refractivity contribution >= 4 is 13.9 Å². The molecule has 1 unspecified atom stereocenters. The number of nitrogens with zero attached hydrogens (tertiary/aromatic N) is 1. The molecule has 0 aromatic carbocycles. The zero-order valence-corrected chi connectivity index (χ0v) is 15.6. The number of nitrogens with one attached hydrogen (secondary N) is 1. The maximum Gasteiger partial charge on any atom is 0.278 e. The van der Waals surface area contributed by atoms with Crippen LogP contribution in [0.3, 0.4) is 0 Å². The van der Waals surface area contributed by atoms with Crippen LogP contribution < -0.4 is 26.9 Å². The molecule has 2 heterocycles. The lowest BCUT2D eigenvalue weighted by Crippen LogP contribution is -3.00. The minimum absolute atomic E-state index is 0. The van der Waals surface area contributed by atoms with E-state index in [2.05, 4.69) is 68.6 Å². The second kappa shape index (κ2) is 5.56. The first kappa shape index (κ1) is 16.7. The van der Waals surface area contributed by atoms with Gasteiger partial charge >= 0.3 is 0 Å². The van der Waals surface area contributed by atoms with Crippen LogP contribution in [0.25, 0.3) is 0 Å². The van der Waals surface area contributed by atoms with Crippen molar-refractivity contribution in [2.45, 2.75) is 64.5 Å². The van der Waals surface area contributed by atoms with E-state index in [1.54, 1.807) is 0 Å². The predicted octanol–water partition coefficient (Wildman–Crippen LogP) is 0.408. The van der Waals surface area contributed by atoms with E-state index in [1.807, 2.05) is 0 Å². The molecule has 0 amide bonds. The highest BCUT2D eigenvalue weighted by molar-refractivity contribution is 6.76. The fourth-order valence-corrected chi connectivity index (χ4v) is 3.40. The summed E-state index contributed by atoms with van der Waals surface area (Å²) in [5.74, 6) is 1.34. The standard InChI is InChI=1S/C15H26N2Si.BrH/c1-12-15(2,3)13-8-7-9-17(14(13)16-12)10-11-18(4,5)6;/h7-9,12H,10-11H2,1-6H3;1H. The predicted molar refractivity (Wildman–Crippen MR) is 80.9 cm³/mol. The van der Waals surface area contributed by atoms with Crippen molar-refractivity contribution < 1.29 is 21.5 Å². The summed E-state index contributed by atoms with van der Waals surface area (Å²) in [6.07, 6.45) is 2.22. The van der Waals surface area contributed by atoms with E-state index in [0.29, 0.717) is 6.04 Å². The van der Waals surface area contributed by atoms with E-state index >= 15 is 0 Å². The van der Waals surface area contributed by atoms with Crippen LogP contribution in [0.2, 0.25) is 25.7 Å². The fourth-order valence-electron chi connectivity index (χ4n) is 2.49. The molecule has 1 aliphatic rings. The second-order valence-corrected chi connectivity index (χ2v) is 13.0. The van der Waals surface area contributed by atoms with Crippen molar-refractivity contribution in [3.8, 4) is 0 Å². The van der Waals surface area contributed by atoms with Crippen LogP contribution >= 0.6 is 0 Å². The highest BCUT2D eigenvalue weighted by atomic mass is 79.9. The Kier molecular flexibility index (Phi) is 4.89. The SMILES string of the molecule is CC1Nc2c(ccc[n+]2CC[Si](C)(C)C)C1(C)C.[Br-]. The number of hydrogen-bond donors (Lipinski definition) is 1. The number of aryl methyl sites for hydroxylation is 1. The van der Waals surface area contributed by atoms with Crippen LogP contribution in [0.1, 0.15) is 26.3 Å². The molecule has 0 spiro atoms. The van der Waals surface area contributed by atoms with Gasteiger partial charge in [-0.15, -0.1) is 0 Å². The number of pyridine rings is 1. The molecule has 1 aromatic rings. The maximum absolute atomic E-state index is 3.67. The molecule has 0 aliphatic carbocycles. The Balaban J connectivity index is 0.00000180. The fraction of sp³-hybridized carbons (Fsp3) is 0.667. The summed E-state index contributed by atoms with van der Waals surface area (Å²) >= 11 is 0. The maximum atomic E-state index is 3.67. The van der Waals surface area contributed by atoms with Crippen molar-refractivity contribution in [2.24, 2.45) is 0 Å². The number of hydrogen-bond acceptors (Lipinski definition) is 1. The van der Waals surface area contributed by atoms with E-state index in [-0.39, 0.29) is 22.4 Å². The number of anilines is 1. The molecule has 19 heavy (non-hydrogen) atoms. The van der Waals surface area contributed by atoms with Crippen LogP contribution in [0.4, 0.5) is 5.82 Å². The Bertz CT molecular complexity index is 452. The van der Waals surface area contributed by atoms with E-state index < -0.39 is 8.07 Å². The van der Waals surface area contributed by atoms with Crippen LogP contribution in [0.5, 0.6) is 0 Å². The van der Waals surface area contributed by atoms with Gasteiger partial charge in [0.15, 0.2) is 0 Å². The molecule has 1 N–H and O–H groups in total. The van der Waals surface area contributed by atoms with Crippen molar-refractivity contribution in [3.05, 3.63) is 23.9 Å². The average molecular weight is 343 g/mol. The minimum atomic E-state index is -0.974. The first-order chi connectivity index (χ1) is 8.22. The first-order valence-electron chi connectivity index (χ1n) is 7.01. The van der Waals surface area contributed by atoms with Gasteiger partial charge in [-0.25, -0.2) is 4.57 Å². The zero-order chi connectivity index (χ0) is 13.6. The summed E-state index contributed by atoms with van der Waals surface area (Å²) in [5, 5.41) is 3.67. The van der Waals surface area contributed by atoms with Crippen LogP contribution in [-0.2, 0) is 12.0 Å². The first-order valence-corrected chi connectivity index (χ1v) is 10.7. The summed E-state index contributed by atoms with van der Waals surface area (Å²) in [6.45, 7) is 15.4. The van der Waals surface area contributed by atoms with Gasteiger partial charge in [0.2, 0.25) is 0 Å². The summed E-state index contributed by atoms with van der Waals surface area (Å²) < 4.78 is 2.42. The molecule has 1 aromatic heterocycles. The molecule has 4 heteroatoms. The molecular formula is C15H27BrN2Si. The largest absolute Gasteiger partial charge is 1.00 e. The second-order valence-electron chi connectivity index (χ2n) is 7.36. The molecule has 1 aliphatic heterocycles. The van der Waals surface area contributed by atoms with Crippen LogP contribution in [0, 0.1) is 0 Å². The third-order valence-electron chi connectivity index (χ3n) is 4.30. The Morgan fingerprint density at radius 3 is 2.53 bits per heavy atom. The molecule has 2 rings (SSSR count). The van der Waals surface area contributed by atoms with Gasteiger partial charge in [0.05, 0.1) is 18.3 Å². The Hall–Kier alpha value is -0.353. The molecule has 0 bridgehead atoms. The molecule has 108 valence electrons. The summed E-state index contributed by atoms with van der Waals surface area (Å²) in [6, 6.07) is 6.32. The van der Waals surface area contributed by atoms with Gasteiger partial charge in [-0.1, -0.05) is 33.5 Å². The van der Waals surface area contributed by atoms with Crippen molar-refractivity contribution in [1.29, 1.82) is 0 Å². The number of aromatic nitrogens is 1. The molecule has 0 saturated heterocycles. The highest BCUT2D eigenvalue weighted by Crippen LogP contribution is 2.38. The Labute approximate surface area is 129 Å². The molecular weight excluding hydrogens is 316 g/mol. The van der Waals surface area contributed by atoms with Crippen molar-refractivity contribution in [2.75, 3.05) is 5.32 Å². The van der Waals surface area contributed by atoms with Gasteiger partial charge in [-0.2, -0.15) is 0 Å². The van der Waals surface area contributed by atoms with Gasteiger partial charge in [0.1, 0.15) is 6.04 Å². The van der Waals surface area contributed by atoms with E-state index in [1.165, 1.54) is 17.4 Å². The van der Waals surface area contributed by atoms with Gasteiger partial charge in [0, 0.05) is 13.5 Å². The molecule has 2 nitrogen and oxygen atoms in total. The van der Waals surface area contributed by atoms with Crippen molar-refractivity contribution in [3.63, 3.8) is 0 Å². The van der Waals surface area contributed by atoms with E-state index in [0.717, 1.165) is 6.54 Å². The lowest BCUT2D eigenvalue weighted by molar-refractivity contribution is -0.679. The lowest BCUT2D eigenvalue weighted by Gasteiger charge is -2.20. The average Bonchev–Trinajstić information content (AvgIpc) is 2.47. The van der Waals surface area contributed by atoms with Gasteiger partial charge in [-0.05, 0) is 25.1 Å².